The van der Waals surface area contributed by atoms with Crippen molar-refractivity contribution in [1.29, 1.82) is 0 Å². The number of carbonyl (C=O) groups excluding carboxylic acids is 2. The molecule has 10 heteroatoms. The monoisotopic (exact) mass is 614 g/mol. The fourth-order valence-corrected chi connectivity index (χ4v) is 6.87. The Morgan fingerprint density at radius 3 is 2.38 bits per heavy atom. The van der Waals surface area contributed by atoms with Gasteiger partial charge in [0, 0.05) is 12.0 Å². The molecule has 3 atom stereocenters. The van der Waals surface area contributed by atoms with E-state index in [2.05, 4.69) is 13.5 Å². The topological polar surface area (TPSA) is 137 Å². The van der Waals surface area contributed by atoms with Crippen LogP contribution < -0.4 is 36.3 Å². The number of carbonyl (C=O) groups is 3. The van der Waals surface area contributed by atoms with Crippen molar-refractivity contribution in [1.82, 2.24) is 15.0 Å². The van der Waals surface area contributed by atoms with E-state index in [0.717, 1.165) is 56.3 Å². The molecular weight excluding hydrogens is 581 g/mol. The summed E-state index contributed by atoms with van der Waals surface area (Å²) in [6, 6.07) is -0.412. The van der Waals surface area contributed by atoms with Crippen LogP contribution in [0.4, 0.5) is 0 Å². The van der Waals surface area contributed by atoms with E-state index in [-0.39, 0.29) is 41.8 Å². The van der Waals surface area contributed by atoms with Crippen LogP contribution in [0.1, 0.15) is 76.3 Å². The molecule has 1 unspecified atom stereocenters. The number of ketones is 1. The molecule has 3 aromatic heterocycles. The van der Waals surface area contributed by atoms with E-state index in [1.54, 1.807) is 6.08 Å². The van der Waals surface area contributed by atoms with Gasteiger partial charge < -0.3 is 30.1 Å². The molecule has 0 saturated carbocycles. The SMILES string of the molecule is C=Cc1c(C)/c2[n-]/c1=C\c1[n-]c(c(CC)c1C)/C=c1\[n-]c3c(c1C)C(=O)[C@H](C(=O)OC)C=3C1=C(CCC(=O)O)[C@H](C)C(\C=2)[N-]1.[Mg+2]. The number of nitrogens with zero attached hydrogens (tertiary/aromatic N) is 4. The molecule has 3 aliphatic rings. The normalized spacial score (nSPS) is 22.0. The van der Waals surface area contributed by atoms with Gasteiger partial charge in [0.05, 0.1) is 7.11 Å². The number of allylic oxidation sites excluding steroid dienone is 1. The first-order valence-corrected chi connectivity index (χ1v) is 14.8. The van der Waals surface area contributed by atoms with Crippen LogP contribution >= 0.6 is 0 Å². The summed E-state index contributed by atoms with van der Waals surface area (Å²) in [4.78, 5) is 53.8. The molecule has 0 amide bonds. The van der Waals surface area contributed by atoms with Crippen LogP contribution in [-0.2, 0) is 20.7 Å². The number of fused-ring (bicyclic) bond motifs is 8. The zero-order chi connectivity index (χ0) is 31.6. The van der Waals surface area contributed by atoms with Crippen LogP contribution in [0, 0.1) is 32.6 Å². The van der Waals surface area contributed by atoms with Gasteiger partial charge in [-0.05, 0) is 45.1 Å². The maximum absolute atomic E-state index is 14.0. The van der Waals surface area contributed by atoms with Crippen molar-refractivity contribution < 1.29 is 24.2 Å². The largest absolute Gasteiger partial charge is 2.00 e. The van der Waals surface area contributed by atoms with Gasteiger partial charge in [-0.1, -0.05) is 78.1 Å². The number of rotatable bonds is 6. The summed E-state index contributed by atoms with van der Waals surface area (Å²) in [5.74, 6) is -3.48. The number of aliphatic carboxylic acids is 1. The Labute approximate surface area is 277 Å². The van der Waals surface area contributed by atoms with Crippen molar-refractivity contribution in [3.05, 3.63) is 89.3 Å². The molecule has 1 N–H and O–H groups in total. The summed E-state index contributed by atoms with van der Waals surface area (Å²) in [5, 5.41) is 17.2. The van der Waals surface area contributed by atoms with E-state index >= 15 is 0 Å². The van der Waals surface area contributed by atoms with E-state index in [1.807, 2.05) is 45.9 Å². The van der Waals surface area contributed by atoms with E-state index in [0.29, 0.717) is 33.1 Å². The van der Waals surface area contributed by atoms with Crippen LogP contribution in [0.2, 0.25) is 0 Å². The van der Waals surface area contributed by atoms with Gasteiger partial charge in [0.2, 0.25) is 0 Å². The number of carboxylic acids is 1. The van der Waals surface area contributed by atoms with Gasteiger partial charge in [-0.25, -0.2) is 0 Å². The van der Waals surface area contributed by atoms with Crippen molar-refractivity contribution in [2.45, 2.75) is 59.9 Å². The van der Waals surface area contributed by atoms with E-state index in [9.17, 15) is 19.5 Å². The van der Waals surface area contributed by atoms with Crippen molar-refractivity contribution in [2.24, 2.45) is 11.8 Å². The van der Waals surface area contributed by atoms with Crippen LogP contribution in [-0.4, -0.2) is 59.0 Å². The van der Waals surface area contributed by atoms with Crippen molar-refractivity contribution in [3.8, 4) is 0 Å². The molecule has 9 nitrogen and oxygen atoms in total. The zero-order valence-electron chi connectivity index (χ0n) is 26.4. The molecule has 45 heavy (non-hydrogen) atoms. The summed E-state index contributed by atoms with van der Waals surface area (Å²) in [6.07, 6.45) is 8.50. The minimum Gasteiger partial charge on any atom is -0.678 e. The van der Waals surface area contributed by atoms with Gasteiger partial charge in [0.25, 0.3) is 0 Å². The average molecular weight is 615 g/mol. The number of Topliss-reactive ketones (excluding diaryl/α,β-unsaturated/α-hetero) is 1. The second-order valence-corrected chi connectivity index (χ2v) is 11.7. The standard InChI is InChI=1S/C35H36N4O5.Mg/c1-8-19-15(3)22-12-24-17(5)21(10-11-28(40)41)32(38-24)30-31(35(43)44-7)34(42)29-18(6)25(39-33(29)30)14-27-20(9-2)16(4)23(37-27)13-26(19)36-22;/h8,12-14,17,24,31H,1,9-11H2,2-7H3,(H3,36,37,40,41,42);/q-2;+2/p-2/b22-12-;/t17-,24?,31+;/m0./s1. The molecule has 2 aliphatic heterocycles. The Morgan fingerprint density at radius 1 is 1.02 bits per heavy atom. The number of methoxy groups -OCH3 is 1. The average Bonchev–Trinajstić information content (AvgIpc) is 3.72. The van der Waals surface area contributed by atoms with Crippen LogP contribution in [0.15, 0.2) is 17.8 Å². The Morgan fingerprint density at radius 2 is 1.73 bits per heavy atom. The predicted octanol–water partition coefficient (Wildman–Crippen LogP) is 1.41. The zero-order valence-corrected chi connectivity index (χ0v) is 27.9. The number of ether oxygens (including phenoxy) is 1. The van der Waals surface area contributed by atoms with Gasteiger partial charge in [-0.2, -0.15) is 0 Å². The molecular formula is C35H34MgN4O5-2. The number of esters is 1. The number of hydrogen-bond acceptors (Lipinski definition) is 4. The first-order chi connectivity index (χ1) is 21.0. The van der Waals surface area contributed by atoms with Crippen molar-refractivity contribution in [3.63, 3.8) is 0 Å². The third-order valence-corrected chi connectivity index (χ3v) is 9.35. The number of hydrogen-bond donors (Lipinski definition) is 1. The summed E-state index contributed by atoms with van der Waals surface area (Å²) in [7, 11) is 1.25. The maximum atomic E-state index is 14.0. The van der Waals surface area contributed by atoms with Gasteiger partial charge >= 0.3 is 35.0 Å². The molecule has 0 radical (unpaired) electrons. The fourth-order valence-electron chi connectivity index (χ4n) is 6.87. The van der Waals surface area contributed by atoms with Gasteiger partial charge in [0.1, 0.15) is 5.92 Å². The summed E-state index contributed by atoms with van der Waals surface area (Å²) in [5.41, 5.74) is 8.15. The second kappa shape index (κ2) is 12.1. The Bertz CT molecular complexity index is 2070. The minimum absolute atomic E-state index is 0. The summed E-state index contributed by atoms with van der Waals surface area (Å²) in [6.45, 7) is 14.0. The van der Waals surface area contributed by atoms with E-state index in [1.165, 1.54) is 7.11 Å². The third kappa shape index (κ3) is 5.04. The molecule has 3 aromatic rings. The smallest absolute Gasteiger partial charge is 0.678 e. The fraction of sp³-hybridized carbons (Fsp3) is 0.343. The Hall–Kier alpha value is -4.02. The molecule has 6 rings (SSSR count). The minimum atomic E-state index is -1.24. The van der Waals surface area contributed by atoms with Crippen molar-refractivity contribution >= 4 is 70.7 Å². The molecule has 0 saturated heterocycles. The third-order valence-electron chi connectivity index (χ3n) is 9.35. The molecule has 5 heterocycles. The Balaban J connectivity index is 0.00000400. The molecule has 8 bridgehead atoms. The first kappa shape index (κ1) is 32.4. The quantitative estimate of drug-likeness (QED) is 0.250. The van der Waals surface area contributed by atoms with E-state index < -0.39 is 29.7 Å². The maximum Gasteiger partial charge on any atom is 2.00 e. The Kier molecular flexibility index (Phi) is 8.67. The van der Waals surface area contributed by atoms with Crippen molar-refractivity contribution in [2.75, 3.05) is 7.11 Å². The molecule has 0 fully saturated rings. The van der Waals surface area contributed by atoms with Crippen LogP contribution in [0.3, 0.4) is 0 Å². The van der Waals surface area contributed by atoms with Crippen LogP contribution in [0.5, 0.6) is 0 Å². The van der Waals surface area contributed by atoms with E-state index in [4.69, 9.17) is 25.0 Å². The molecule has 0 spiro atoms. The molecule has 228 valence electrons. The second-order valence-electron chi connectivity index (χ2n) is 11.7. The number of aromatic nitrogens is 3. The van der Waals surface area contributed by atoms with Gasteiger partial charge in [-0.15, -0.1) is 44.6 Å². The van der Waals surface area contributed by atoms with Gasteiger partial charge in [-0.3, -0.25) is 14.4 Å². The summed E-state index contributed by atoms with van der Waals surface area (Å²) >= 11 is 0. The molecule has 0 aromatic carbocycles. The molecule has 1 aliphatic carbocycles. The van der Waals surface area contributed by atoms with Crippen LogP contribution in [0.25, 0.3) is 35.2 Å². The van der Waals surface area contributed by atoms with Gasteiger partial charge in [0.15, 0.2) is 5.78 Å². The summed E-state index contributed by atoms with van der Waals surface area (Å²) < 4.78 is 5.11. The first-order valence-electron chi connectivity index (χ1n) is 14.8. The predicted molar refractivity (Wildman–Crippen MR) is 172 cm³/mol. The number of carboxylic acid groups (broad SMARTS) is 1.